The maximum Gasteiger partial charge on any atom is 0.127 e. The van der Waals surface area contributed by atoms with Crippen LogP contribution in [0, 0.1) is 12.9 Å². The summed E-state index contributed by atoms with van der Waals surface area (Å²) in [5, 5.41) is 0. The Morgan fingerprint density at radius 3 is 2.64 bits per heavy atom. The van der Waals surface area contributed by atoms with Crippen molar-refractivity contribution in [2.24, 2.45) is 0 Å². The van der Waals surface area contributed by atoms with Crippen LogP contribution >= 0.6 is 0 Å². The Morgan fingerprint density at radius 2 is 2.09 bits per heavy atom. The third-order valence-electron chi connectivity index (χ3n) is 1.40. The molecule has 11 heavy (non-hydrogen) atoms. The van der Waals surface area contributed by atoms with Crippen LogP contribution in [-0.4, -0.2) is 11.9 Å². The fourth-order valence-electron chi connectivity index (χ4n) is 0.917. The van der Waals surface area contributed by atoms with Crippen molar-refractivity contribution in [1.82, 2.24) is 4.90 Å². The third kappa shape index (κ3) is 2.31. The lowest BCUT2D eigenvalue weighted by Gasteiger charge is -2.17. The molecule has 0 N–H and O–H groups in total. The molecule has 0 aromatic heterocycles. The highest BCUT2D eigenvalue weighted by atomic mass is 19.1. The van der Waals surface area contributed by atoms with Gasteiger partial charge in [-0.3, -0.25) is 7.05 Å². The molecule has 0 bridgehead atoms. The van der Waals surface area contributed by atoms with E-state index < -0.39 is 0 Å². The smallest absolute Gasteiger partial charge is 0.127 e. The Hall–Kier alpha value is -0.890. The molecule has 0 saturated heterocycles. The molecule has 2 heteroatoms. The summed E-state index contributed by atoms with van der Waals surface area (Å²) in [6.45, 7) is 0.548. The minimum absolute atomic E-state index is 0.164. The van der Waals surface area contributed by atoms with Crippen molar-refractivity contribution in [1.29, 1.82) is 0 Å². The first-order chi connectivity index (χ1) is 5.20. The fourth-order valence-corrected chi connectivity index (χ4v) is 0.917. The molecule has 0 amide bonds. The minimum Gasteiger partial charge on any atom is -0.458 e. The molecule has 0 radical (unpaired) electrons. The second kappa shape index (κ2) is 3.49. The van der Waals surface area contributed by atoms with Crippen LogP contribution < -0.4 is 0 Å². The van der Waals surface area contributed by atoms with Crippen molar-refractivity contribution in [3.63, 3.8) is 0 Å². The molecule has 1 aromatic carbocycles. The van der Waals surface area contributed by atoms with E-state index >= 15 is 0 Å². The molecule has 0 aliphatic carbocycles. The van der Waals surface area contributed by atoms with Crippen LogP contribution in [0.4, 0.5) is 4.39 Å². The van der Waals surface area contributed by atoms with Crippen LogP contribution in [0.2, 0.25) is 0 Å². The summed E-state index contributed by atoms with van der Waals surface area (Å²) >= 11 is 0. The number of benzene rings is 1. The summed E-state index contributed by atoms with van der Waals surface area (Å²) in [7, 11) is 5.45. The molecule has 0 atom stereocenters. The lowest BCUT2D eigenvalue weighted by Crippen LogP contribution is -2.09. The molecule has 0 heterocycles. The molecular weight excluding hydrogens is 141 g/mol. The van der Waals surface area contributed by atoms with Crippen molar-refractivity contribution in [3.05, 3.63) is 42.7 Å². The largest absolute Gasteiger partial charge is 0.458 e. The van der Waals surface area contributed by atoms with E-state index in [1.807, 2.05) is 13.1 Å². The van der Waals surface area contributed by atoms with Gasteiger partial charge in [0.25, 0.3) is 0 Å². The molecule has 1 aromatic rings. The van der Waals surface area contributed by atoms with Gasteiger partial charge < -0.3 is 4.90 Å². The van der Waals surface area contributed by atoms with Gasteiger partial charge in [0.05, 0.1) is 0 Å². The zero-order valence-corrected chi connectivity index (χ0v) is 6.55. The lowest BCUT2D eigenvalue weighted by atomic mass is 10.2. The number of halogens is 1. The van der Waals surface area contributed by atoms with Crippen molar-refractivity contribution in [2.45, 2.75) is 6.54 Å². The van der Waals surface area contributed by atoms with Crippen molar-refractivity contribution >= 4 is 0 Å². The highest BCUT2D eigenvalue weighted by Crippen LogP contribution is 2.07. The first-order valence-electron chi connectivity index (χ1n) is 3.45. The van der Waals surface area contributed by atoms with Crippen LogP contribution in [0.1, 0.15) is 5.56 Å². The average molecular weight is 152 g/mol. The molecule has 0 saturated carbocycles. The molecule has 0 fully saturated rings. The van der Waals surface area contributed by atoms with E-state index in [0.717, 1.165) is 0 Å². The van der Waals surface area contributed by atoms with E-state index in [1.165, 1.54) is 6.07 Å². The maximum absolute atomic E-state index is 12.9. The van der Waals surface area contributed by atoms with Gasteiger partial charge in [-0.1, -0.05) is 18.2 Å². The SMILES string of the molecule is [CH2-]N(C)Cc1ccccc1F. The summed E-state index contributed by atoms with van der Waals surface area (Å²) in [6, 6.07) is 6.72. The Morgan fingerprint density at radius 1 is 1.45 bits per heavy atom. The Balaban J connectivity index is 2.78. The number of rotatable bonds is 2. The van der Waals surface area contributed by atoms with Gasteiger partial charge in [-0.2, -0.15) is 0 Å². The van der Waals surface area contributed by atoms with Crippen LogP contribution in [0.25, 0.3) is 0 Å². The Bertz CT molecular complexity index is 233. The predicted molar refractivity (Wildman–Crippen MR) is 43.2 cm³/mol. The molecule has 0 unspecified atom stereocenters. The summed E-state index contributed by atoms with van der Waals surface area (Å²) in [4.78, 5) is 1.69. The van der Waals surface area contributed by atoms with Gasteiger partial charge in [0.15, 0.2) is 0 Å². The number of nitrogens with zero attached hydrogens (tertiary/aromatic N) is 1. The molecule has 1 nitrogen and oxygen atoms in total. The van der Waals surface area contributed by atoms with Crippen LogP contribution in [0.5, 0.6) is 0 Å². The Labute approximate surface area is 66.5 Å². The van der Waals surface area contributed by atoms with E-state index in [-0.39, 0.29) is 5.82 Å². The summed E-state index contributed by atoms with van der Waals surface area (Å²) in [5.74, 6) is -0.164. The molecule has 1 rings (SSSR count). The van der Waals surface area contributed by atoms with Crippen molar-refractivity contribution in [3.8, 4) is 0 Å². The van der Waals surface area contributed by atoms with E-state index in [9.17, 15) is 4.39 Å². The summed E-state index contributed by atoms with van der Waals surface area (Å²) in [5.41, 5.74) is 0.685. The molecule has 60 valence electrons. The monoisotopic (exact) mass is 152 g/mol. The van der Waals surface area contributed by atoms with Crippen LogP contribution in [0.3, 0.4) is 0 Å². The highest BCUT2D eigenvalue weighted by molar-refractivity contribution is 5.16. The average Bonchev–Trinajstić information content (AvgIpc) is 1.93. The second-order valence-electron chi connectivity index (χ2n) is 2.61. The van der Waals surface area contributed by atoms with E-state index in [0.29, 0.717) is 12.1 Å². The van der Waals surface area contributed by atoms with Gasteiger partial charge in [0, 0.05) is 0 Å². The third-order valence-corrected chi connectivity index (χ3v) is 1.40. The van der Waals surface area contributed by atoms with Gasteiger partial charge in [0.2, 0.25) is 0 Å². The number of hydrogen-bond acceptors (Lipinski definition) is 1. The first-order valence-corrected chi connectivity index (χ1v) is 3.45. The second-order valence-corrected chi connectivity index (χ2v) is 2.61. The molecule has 0 aliphatic heterocycles. The van der Waals surface area contributed by atoms with Gasteiger partial charge >= 0.3 is 0 Å². The van der Waals surface area contributed by atoms with Gasteiger partial charge in [-0.25, -0.2) is 4.39 Å². The summed E-state index contributed by atoms with van der Waals surface area (Å²) < 4.78 is 12.9. The highest BCUT2D eigenvalue weighted by Gasteiger charge is 1.97. The van der Waals surface area contributed by atoms with Gasteiger partial charge in [0.1, 0.15) is 5.82 Å². The molecule has 0 spiro atoms. The first kappa shape index (κ1) is 8.21. The van der Waals surface area contributed by atoms with Crippen molar-refractivity contribution in [2.75, 3.05) is 7.05 Å². The zero-order chi connectivity index (χ0) is 8.27. The molecule has 0 aliphatic rings. The van der Waals surface area contributed by atoms with Gasteiger partial charge in [-0.15, -0.1) is 0 Å². The fraction of sp³-hybridized carbons (Fsp3) is 0.222. The topological polar surface area (TPSA) is 3.24 Å². The van der Waals surface area contributed by atoms with Crippen LogP contribution in [0.15, 0.2) is 24.3 Å². The quantitative estimate of drug-likeness (QED) is 0.586. The zero-order valence-electron chi connectivity index (χ0n) is 6.55. The van der Waals surface area contributed by atoms with E-state index in [1.54, 1.807) is 17.0 Å². The minimum atomic E-state index is -0.164. The molecular formula is C9H11FN-. The summed E-state index contributed by atoms with van der Waals surface area (Å²) in [6.07, 6.45) is 0. The van der Waals surface area contributed by atoms with E-state index in [2.05, 4.69) is 7.05 Å². The van der Waals surface area contributed by atoms with Crippen molar-refractivity contribution < 1.29 is 4.39 Å². The maximum atomic E-state index is 12.9. The van der Waals surface area contributed by atoms with E-state index in [4.69, 9.17) is 0 Å². The van der Waals surface area contributed by atoms with Crippen LogP contribution in [-0.2, 0) is 6.54 Å². The Kier molecular flexibility index (Phi) is 2.60. The number of hydrogen-bond donors (Lipinski definition) is 0. The predicted octanol–water partition coefficient (Wildman–Crippen LogP) is 2.05. The normalized spacial score (nSPS) is 10.5. The van der Waals surface area contributed by atoms with Gasteiger partial charge in [-0.05, 0) is 25.2 Å². The lowest BCUT2D eigenvalue weighted by molar-refractivity contribution is 0.431. The standard InChI is InChI=1S/C9H11FN/c1-11(2)7-8-5-3-4-6-9(8)10/h3-6H,1,7H2,2H3/q-1.